The molecule has 16 heteroatoms. The monoisotopic (exact) mass is 766 g/mol. The van der Waals surface area contributed by atoms with Gasteiger partial charge in [0.1, 0.15) is 22.3 Å². The number of piperidine rings is 2. The van der Waals surface area contributed by atoms with Crippen molar-refractivity contribution in [2.24, 2.45) is 0 Å². The van der Waals surface area contributed by atoms with Crippen LogP contribution in [0.3, 0.4) is 0 Å². The first kappa shape index (κ1) is 49.8. The van der Waals surface area contributed by atoms with Gasteiger partial charge in [-0.1, -0.05) is 64.5 Å². The van der Waals surface area contributed by atoms with Gasteiger partial charge in [0, 0.05) is 44.7 Å². The van der Waals surface area contributed by atoms with Crippen molar-refractivity contribution < 1.29 is 48.7 Å². The summed E-state index contributed by atoms with van der Waals surface area (Å²) >= 11 is 0. The molecular weight excluding hydrogens is 714 g/mol. The van der Waals surface area contributed by atoms with Gasteiger partial charge in [0.15, 0.2) is 0 Å². The second-order valence-electron chi connectivity index (χ2n) is 13.9. The van der Waals surface area contributed by atoms with Gasteiger partial charge in [-0.2, -0.15) is 56.7 Å². The topological polar surface area (TPSA) is 73.0 Å². The molecule has 2 heterocycles. The molecule has 4 rings (SSSR count). The van der Waals surface area contributed by atoms with Crippen LogP contribution < -0.4 is 22.4 Å². The molecule has 0 spiro atoms. The first-order chi connectivity index (χ1) is 21.0. The molecule has 2 aliphatic heterocycles. The second-order valence-corrected chi connectivity index (χ2v) is 23.9. The Morgan fingerprint density at radius 1 is 0.857 bits per heavy atom. The average Bonchev–Trinajstić information content (AvgIpc) is 2.90. The van der Waals surface area contributed by atoms with Gasteiger partial charge in [-0.3, -0.25) is 14.6 Å². The van der Waals surface area contributed by atoms with Gasteiger partial charge in [0.05, 0.1) is 18.7 Å². The Morgan fingerprint density at radius 2 is 1.33 bits per heavy atom. The molecule has 6 nitrogen and oxygen atoms in total. The smallest absolute Gasteiger partial charge is 1.00 e. The zero-order chi connectivity index (χ0) is 35.0. The van der Waals surface area contributed by atoms with Crippen LogP contribution >= 0.6 is 0 Å². The van der Waals surface area contributed by atoms with Gasteiger partial charge in [0.25, 0.3) is 0 Å². The third kappa shape index (κ3) is 18.6. The Bertz CT molecular complexity index is 1220. The molecule has 0 aromatic heterocycles. The van der Waals surface area contributed by atoms with Crippen LogP contribution in [0.15, 0.2) is 48.5 Å². The molecule has 3 N–H and O–H groups in total. The van der Waals surface area contributed by atoms with E-state index in [1.807, 2.05) is 6.07 Å². The summed E-state index contributed by atoms with van der Waals surface area (Å²) < 4.78 is 75.0. The van der Waals surface area contributed by atoms with Crippen molar-refractivity contribution in [1.29, 1.82) is 0 Å². The fourth-order valence-corrected chi connectivity index (χ4v) is 15.8. The predicted octanol–water partition coefficient (Wildman–Crippen LogP) is 4.55. The number of ketones is 1. The minimum absolute atomic E-state index is 0. The number of benzene rings is 2. The van der Waals surface area contributed by atoms with Crippen molar-refractivity contribution in [3.63, 3.8) is 0 Å². The van der Waals surface area contributed by atoms with Gasteiger partial charge in [-0.05, 0) is 30.5 Å². The number of rotatable bonds is 6. The van der Waals surface area contributed by atoms with Gasteiger partial charge in [0.2, 0.25) is 0 Å². The fraction of sp³-hybridized carbons (Fsp3) is 0.606. The number of nitrogen functional groups attached to an aromatic ring is 1. The van der Waals surface area contributed by atoms with Gasteiger partial charge >= 0.3 is 35.4 Å². The Labute approximate surface area is 313 Å². The third-order valence-corrected chi connectivity index (χ3v) is 14.8. The van der Waals surface area contributed by atoms with Crippen molar-refractivity contribution in [1.82, 2.24) is 9.80 Å². The van der Waals surface area contributed by atoms with Crippen LogP contribution in [0, 0.1) is 6.07 Å². The molecule has 2 fully saturated rings. The first-order valence-electron chi connectivity index (χ1n) is 15.4. The Balaban J connectivity index is 0. The summed E-state index contributed by atoms with van der Waals surface area (Å²) in [5, 5.41) is 10.5. The van der Waals surface area contributed by atoms with Crippen LogP contribution in [-0.4, -0.2) is 112 Å². The Hall–Kier alpha value is -1.34. The minimum atomic E-state index is -4.19. The van der Waals surface area contributed by atoms with Crippen LogP contribution in [-0.2, 0) is 10.4 Å². The van der Waals surface area contributed by atoms with Crippen molar-refractivity contribution in [3.8, 4) is 0 Å². The number of aliphatic hydroxyl groups is 1. The molecule has 0 amide bonds. The van der Waals surface area contributed by atoms with E-state index in [0.717, 1.165) is 0 Å². The van der Waals surface area contributed by atoms with Gasteiger partial charge < -0.3 is 27.5 Å². The number of nitrogens with two attached hydrogens (primary N) is 1. The second kappa shape index (κ2) is 20.6. The summed E-state index contributed by atoms with van der Waals surface area (Å²) in [6, 6.07) is 18.5. The summed E-state index contributed by atoms with van der Waals surface area (Å²) in [6.07, 6.45) is -7.24. The number of Topliss-reactive ketones (excluding diaryl/α,β-unsaturated/α-hetero) is 1. The normalized spacial score (nSPS) is 17.0. The number of carbonyl (C=O) groups is 1. The van der Waals surface area contributed by atoms with Crippen molar-refractivity contribution >= 4 is 56.7 Å². The molecule has 276 valence electrons. The van der Waals surface area contributed by atoms with E-state index in [1.165, 1.54) is 15.5 Å². The maximum Gasteiger partial charge on any atom is 2.00 e. The number of hydrogen-bond donors (Lipinski definition) is 2. The SMILES string of the molecule is C.C[Si](C)(C)N(c1c[c-]ccc1)[Si](C)(C)C.Nc1cccc(C2(O)CCN(CC(F)(F)F)CC2)c1.O=C1CCN(CC(F)(F)F)CC1.[Cl-].[Mg+2]. The fourth-order valence-electron chi connectivity index (χ4n) is 5.97. The van der Waals surface area contributed by atoms with Crippen LogP contribution in [0.4, 0.5) is 37.7 Å². The molecule has 0 saturated carbocycles. The Kier molecular flexibility index (Phi) is 21.0. The molecule has 0 aliphatic carbocycles. The molecule has 0 atom stereocenters. The van der Waals surface area contributed by atoms with E-state index in [1.54, 1.807) is 24.3 Å². The molecule has 2 aromatic carbocycles. The van der Waals surface area contributed by atoms with E-state index in [-0.39, 0.29) is 101 Å². The molecule has 0 radical (unpaired) electrons. The summed E-state index contributed by atoms with van der Waals surface area (Å²) in [6.45, 7) is 13.6. The van der Waals surface area contributed by atoms with Crippen molar-refractivity contribution in [3.05, 3.63) is 60.2 Å². The number of nitrogens with zero attached hydrogens (tertiary/aromatic N) is 3. The van der Waals surface area contributed by atoms with E-state index in [0.29, 0.717) is 11.3 Å². The number of carbonyl (C=O) groups excluding carboxylic acids is 1. The number of hydrogen-bond acceptors (Lipinski definition) is 6. The third-order valence-electron chi connectivity index (χ3n) is 7.62. The van der Waals surface area contributed by atoms with E-state index in [2.05, 4.69) is 67.8 Å². The van der Waals surface area contributed by atoms with Crippen LogP contribution in [0.25, 0.3) is 0 Å². The molecule has 0 bridgehead atoms. The summed E-state index contributed by atoms with van der Waals surface area (Å²) in [5.41, 5.74) is 7.17. The van der Waals surface area contributed by atoms with E-state index in [9.17, 15) is 36.2 Å². The van der Waals surface area contributed by atoms with Crippen molar-refractivity contribution in [2.75, 3.05) is 49.2 Å². The standard InChI is InChI=1S/C13H17F3N2O.C12H22NSi2.C7H10F3NO.CH4.ClH.Mg/c14-13(15,16)9-18-6-4-12(19,5-7-18)10-2-1-3-11(17)8-10;1-14(2,3)13(15(4,5)6)12-10-8-7-9-11-12;8-7(9,10)5-11-3-1-6(12)2-4-11;;;/h1-3,8,19H,4-7,9,17H2;7-8,10-11H,1-6H3;1-5H2;1H4;1H;/q;-1;;;;+2/p-1. The molecule has 49 heavy (non-hydrogen) atoms. The zero-order valence-corrected chi connectivity index (χ0v) is 33.0. The van der Waals surface area contributed by atoms with Gasteiger partial charge in [-0.25, -0.2) is 0 Å². The molecule has 2 saturated heterocycles. The maximum atomic E-state index is 12.3. The van der Waals surface area contributed by atoms with Crippen molar-refractivity contribution in [2.45, 2.75) is 90.3 Å². The van der Waals surface area contributed by atoms with E-state index in [4.69, 9.17) is 5.73 Å². The van der Waals surface area contributed by atoms with Crippen LogP contribution in [0.5, 0.6) is 0 Å². The number of halogens is 7. The predicted molar refractivity (Wildman–Crippen MR) is 190 cm³/mol. The minimum Gasteiger partial charge on any atom is -1.00 e. The number of anilines is 2. The summed E-state index contributed by atoms with van der Waals surface area (Å²) in [5.74, 6) is 0.0634. The first-order valence-corrected chi connectivity index (χ1v) is 22.3. The van der Waals surface area contributed by atoms with Crippen LogP contribution in [0.1, 0.15) is 38.7 Å². The largest absolute Gasteiger partial charge is 2.00 e. The zero-order valence-electron chi connectivity index (χ0n) is 28.8. The number of likely N-dealkylation sites (tertiary alicyclic amines) is 2. The maximum absolute atomic E-state index is 12.3. The van der Waals surface area contributed by atoms with Crippen LogP contribution in [0.2, 0.25) is 39.3 Å². The quantitative estimate of drug-likeness (QED) is 0.195. The molecule has 2 aliphatic rings. The van der Waals surface area contributed by atoms with E-state index < -0.39 is 47.5 Å². The Morgan fingerprint density at radius 3 is 1.71 bits per heavy atom. The molecular formula is C33H53ClF6MgN4O2Si2. The van der Waals surface area contributed by atoms with E-state index >= 15 is 0 Å². The molecule has 2 aromatic rings. The van der Waals surface area contributed by atoms with Gasteiger partial charge in [-0.15, -0.1) is 0 Å². The average molecular weight is 768 g/mol. The summed E-state index contributed by atoms with van der Waals surface area (Å²) in [4.78, 5) is 13.3. The number of alkyl halides is 6. The molecule has 0 unspecified atom stereocenters. The summed E-state index contributed by atoms with van der Waals surface area (Å²) in [7, 11) is -2.58.